The maximum absolute atomic E-state index is 11.8. The number of hydrogen-bond donors (Lipinski definition) is 3. The van der Waals surface area contributed by atoms with Crippen LogP contribution in [0, 0.1) is 0 Å². The van der Waals surface area contributed by atoms with Gasteiger partial charge in [0, 0.05) is 47.9 Å². The Morgan fingerprint density at radius 3 is 2.69 bits per heavy atom. The Balaban J connectivity index is 1.43. The number of nitrogens with one attached hydrogen (secondary N) is 3. The minimum absolute atomic E-state index is 0.0642. The quantitative estimate of drug-likeness (QED) is 0.333. The van der Waals surface area contributed by atoms with Crippen molar-refractivity contribution >= 4 is 33.7 Å². The van der Waals surface area contributed by atoms with E-state index in [0.29, 0.717) is 29.3 Å². The first-order valence-corrected chi connectivity index (χ1v) is 11.2. The van der Waals surface area contributed by atoms with Crippen molar-refractivity contribution in [2.24, 2.45) is 0 Å². The molecule has 5 heterocycles. The number of H-pyrrole nitrogens is 2. The van der Waals surface area contributed by atoms with Gasteiger partial charge in [-0.2, -0.15) is 5.10 Å². The van der Waals surface area contributed by atoms with Crippen LogP contribution in [-0.2, 0) is 4.79 Å². The van der Waals surface area contributed by atoms with E-state index in [9.17, 15) is 4.79 Å². The van der Waals surface area contributed by atoms with Crippen molar-refractivity contribution in [3.8, 4) is 33.8 Å². The van der Waals surface area contributed by atoms with Gasteiger partial charge in [0.05, 0.1) is 28.3 Å². The molecule has 0 atom stereocenters. The molecule has 0 bridgehead atoms. The Kier molecular flexibility index (Phi) is 4.99. The van der Waals surface area contributed by atoms with Gasteiger partial charge in [0.2, 0.25) is 5.91 Å². The second kappa shape index (κ2) is 8.45. The van der Waals surface area contributed by atoms with E-state index in [4.69, 9.17) is 4.98 Å². The van der Waals surface area contributed by atoms with Gasteiger partial charge in [-0.1, -0.05) is 19.1 Å². The van der Waals surface area contributed by atoms with E-state index in [-0.39, 0.29) is 5.91 Å². The first-order valence-electron chi connectivity index (χ1n) is 11.2. The fraction of sp³-hybridized carbons (Fsp3) is 0.0769. The van der Waals surface area contributed by atoms with Crippen molar-refractivity contribution in [3.05, 3.63) is 73.4 Å². The molecule has 0 aliphatic heterocycles. The largest absolute Gasteiger partial charge is 0.337 e. The summed E-state index contributed by atoms with van der Waals surface area (Å²) in [6.45, 7) is 1.81. The van der Waals surface area contributed by atoms with E-state index in [0.717, 1.165) is 38.7 Å². The second-order valence-corrected chi connectivity index (χ2v) is 8.08. The third-order valence-electron chi connectivity index (χ3n) is 5.82. The van der Waals surface area contributed by atoms with Crippen LogP contribution in [-0.4, -0.2) is 41.0 Å². The maximum atomic E-state index is 11.8. The average molecular weight is 461 g/mol. The van der Waals surface area contributed by atoms with Gasteiger partial charge in [-0.15, -0.1) is 0 Å². The van der Waals surface area contributed by atoms with Crippen LogP contribution >= 0.6 is 0 Å². The first-order chi connectivity index (χ1) is 17.2. The average Bonchev–Trinajstić information content (AvgIpc) is 3.53. The lowest BCUT2D eigenvalue weighted by molar-refractivity contribution is -0.115. The van der Waals surface area contributed by atoms with E-state index >= 15 is 0 Å². The Hall–Kier alpha value is -4.92. The number of nitrogens with zero attached hydrogens (tertiary/aromatic N) is 5. The van der Waals surface area contributed by atoms with Gasteiger partial charge in [-0.25, -0.2) is 9.97 Å². The lowest BCUT2D eigenvalue weighted by Crippen LogP contribution is -2.09. The molecule has 1 amide bonds. The van der Waals surface area contributed by atoms with Gasteiger partial charge in [0.15, 0.2) is 11.5 Å². The number of para-hydroxylation sites is 1. The number of carbonyl (C=O) groups excluding carboxylic acids is 1. The fourth-order valence-corrected chi connectivity index (χ4v) is 4.07. The molecule has 5 aromatic heterocycles. The maximum Gasteiger partial charge on any atom is 0.224 e. The van der Waals surface area contributed by atoms with E-state index in [1.54, 1.807) is 31.0 Å². The molecular weight excluding hydrogens is 440 g/mol. The summed E-state index contributed by atoms with van der Waals surface area (Å²) in [5.41, 5.74) is 7.50. The molecule has 6 aromatic rings. The zero-order valence-electron chi connectivity index (χ0n) is 18.8. The molecule has 0 spiro atoms. The Bertz CT molecular complexity index is 1690. The van der Waals surface area contributed by atoms with Crippen molar-refractivity contribution in [2.75, 3.05) is 5.32 Å². The monoisotopic (exact) mass is 460 g/mol. The van der Waals surface area contributed by atoms with Gasteiger partial charge in [0.25, 0.3) is 0 Å². The van der Waals surface area contributed by atoms with E-state index in [1.807, 2.05) is 49.4 Å². The third kappa shape index (κ3) is 3.78. The lowest BCUT2D eigenvalue weighted by Gasteiger charge is -2.06. The summed E-state index contributed by atoms with van der Waals surface area (Å²) in [4.78, 5) is 33.0. The van der Waals surface area contributed by atoms with Crippen LogP contribution in [0.15, 0.2) is 73.4 Å². The van der Waals surface area contributed by atoms with Crippen LogP contribution in [0.25, 0.3) is 55.8 Å². The van der Waals surface area contributed by atoms with Crippen molar-refractivity contribution in [2.45, 2.75) is 13.3 Å². The lowest BCUT2D eigenvalue weighted by atomic mass is 10.1. The summed E-state index contributed by atoms with van der Waals surface area (Å²) in [7, 11) is 0. The highest BCUT2D eigenvalue weighted by Crippen LogP contribution is 2.32. The fourth-order valence-electron chi connectivity index (χ4n) is 4.07. The molecule has 0 fully saturated rings. The SMILES string of the molecule is CCC(=O)Nc1cncc(-c2cnc3[nH]nc(-c4nc5c(-c6ccncc6)cccc5[nH]4)c3c2)c1. The van der Waals surface area contributed by atoms with Crippen LogP contribution in [0.3, 0.4) is 0 Å². The number of aromatic nitrogens is 7. The number of amides is 1. The predicted octanol–water partition coefficient (Wildman–Crippen LogP) is 4.97. The number of rotatable bonds is 5. The number of pyridine rings is 3. The summed E-state index contributed by atoms with van der Waals surface area (Å²) in [5.74, 6) is 0.583. The van der Waals surface area contributed by atoms with Crippen molar-refractivity contribution < 1.29 is 4.79 Å². The molecule has 0 saturated carbocycles. The molecule has 9 heteroatoms. The van der Waals surface area contributed by atoms with Crippen LogP contribution in [0.4, 0.5) is 5.69 Å². The highest BCUT2D eigenvalue weighted by Gasteiger charge is 2.16. The number of imidazole rings is 1. The van der Waals surface area contributed by atoms with Crippen LogP contribution < -0.4 is 5.32 Å². The highest BCUT2D eigenvalue weighted by atomic mass is 16.1. The molecule has 35 heavy (non-hydrogen) atoms. The van der Waals surface area contributed by atoms with Crippen molar-refractivity contribution in [1.82, 2.24) is 35.1 Å². The summed E-state index contributed by atoms with van der Waals surface area (Å²) in [6, 6.07) is 13.9. The van der Waals surface area contributed by atoms with Gasteiger partial charge in [-0.3, -0.25) is 19.9 Å². The van der Waals surface area contributed by atoms with E-state index in [2.05, 4.69) is 35.5 Å². The van der Waals surface area contributed by atoms with E-state index in [1.165, 1.54) is 0 Å². The standard InChI is InChI=1S/C26H20N8O/c1-2-22(35)30-18-10-16(12-28-14-18)17-11-20-24(33-34-25(20)29-13-17)26-31-21-5-3-4-19(23(21)32-26)15-6-8-27-9-7-15/h3-14H,2H2,1H3,(H,30,35)(H,31,32)(H,29,33,34). The molecule has 0 unspecified atom stereocenters. The van der Waals surface area contributed by atoms with Gasteiger partial charge in [0.1, 0.15) is 5.69 Å². The smallest absolute Gasteiger partial charge is 0.224 e. The first kappa shape index (κ1) is 20.7. The van der Waals surface area contributed by atoms with Crippen LogP contribution in [0.1, 0.15) is 13.3 Å². The van der Waals surface area contributed by atoms with Gasteiger partial charge >= 0.3 is 0 Å². The molecule has 0 aliphatic carbocycles. The van der Waals surface area contributed by atoms with Gasteiger partial charge < -0.3 is 10.3 Å². The van der Waals surface area contributed by atoms with Crippen molar-refractivity contribution in [1.29, 1.82) is 0 Å². The molecule has 0 aliphatic rings. The molecule has 170 valence electrons. The van der Waals surface area contributed by atoms with Crippen molar-refractivity contribution in [3.63, 3.8) is 0 Å². The Morgan fingerprint density at radius 2 is 1.83 bits per heavy atom. The number of anilines is 1. The van der Waals surface area contributed by atoms with Crippen LogP contribution in [0.2, 0.25) is 0 Å². The number of benzene rings is 1. The topological polar surface area (TPSA) is 125 Å². The Labute approximate surface area is 199 Å². The zero-order valence-corrected chi connectivity index (χ0v) is 18.8. The number of fused-ring (bicyclic) bond motifs is 2. The van der Waals surface area contributed by atoms with Gasteiger partial charge in [-0.05, 0) is 35.9 Å². The van der Waals surface area contributed by atoms with E-state index < -0.39 is 0 Å². The third-order valence-corrected chi connectivity index (χ3v) is 5.82. The molecular formula is C26H20N8O. The molecule has 0 radical (unpaired) electrons. The second-order valence-electron chi connectivity index (χ2n) is 8.08. The summed E-state index contributed by atoms with van der Waals surface area (Å²) >= 11 is 0. The number of hydrogen-bond acceptors (Lipinski definition) is 6. The normalized spacial score (nSPS) is 11.2. The summed E-state index contributed by atoms with van der Waals surface area (Å²) in [6.07, 6.45) is 9.07. The number of aromatic amines is 2. The zero-order chi connectivity index (χ0) is 23.8. The minimum atomic E-state index is -0.0642. The van der Waals surface area contributed by atoms with Crippen LogP contribution in [0.5, 0.6) is 0 Å². The predicted molar refractivity (Wildman–Crippen MR) is 134 cm³/mol. The summed E-state index contributed by atoms with van der Waals surface area (Å²) < 4.78 is 0. The molecule has 3 N–H and O–H groups in total. The molecule has 1 aromatic carbocycles. The number of carbonyl (C=O) groups is 1. The highest BCUT2D eigenvalue weighted by molar-refractivity contribution is 5.97. The summed E-state index contributed by atoms with van der Waals surface area (Å²) in [5, 5.41) is 11.2. The Morgan fingerprint density at radius 1 is 0.971 bits per heavy atom. The molecule has 6 rings (SSSR count). The molecule has 0 saturated heterocycles. The molecule has 9 nitrogen and oxygen atoms in total. The minimum Gasteiger partial charge on any atom is -0.337 e.